The molecule has 0 aliphatic carbocycles. The molecule has 3 N–H and O–H groups in total. The minimum absolute atomic E-state index is 0.0212. The Bertz CT molecular complexity index is 447. The first-order chi connectivity index (χ1) is 9.19. The highest BCUT2D eigenvalue weighted by molar-refractivity contribution is 6.00. The van der Waals surface area contributed by atoms with Gasteiger partial charge in [-0.15, -0.1) is 5.10 Å². The largest absolute Gasteiger partial charge is 0.476 e. The van der Waals surface area contributed by atoms with Crippen molar-refractivity contribution in [1.29, 1.82) is 0 Å². The first kappa shape index (κ1) is 15.2. The van der Waals surface area contributed by atoms with E-state index in [9.17, 15) is 0 Å². The van der Waals surface area contributed by atoms with Gasteiger partial charge in [-0.3, -0.25) is 0 Å². The molecule has 0 saturated carbocycles. The molecule has 1 aromatic rings. The van der Waals surface area contributed by atoms with Crippen LogP contribution in [0.25, 0.3) is 0 Å². The average molecular weight is 266 g/mol. The number of oxime groups is 1. The fourth-order valence-electron chi connectivity index (χ4n) is 1.88. The summed E-state index contributed by atoms with van der Waals surface area (Å²) < 4.78 is 5.60. The SMILES string of the molecule is CCCCOc1nnc(CC)c(CC)c1C(N)=NO. The first-order valence-corrected chi connectivity index (χ1v) is 6.68. The summed E-state index contributed by atoms with van der Waals surface area (Å²) in [6.07, 6.45) is 3.43. The van der Waals surface area contributed by atoms with Gasteiger partial charge in [0, 0.05) is 0 Å². The van der Waals surface area contributed by atoms with E-state index in [1.54, 1.807) is 0 Å². The monoisotopic (exact) mass is 266 g/mol. The van der Waals surface area contributed by atoms with Gasteiger partial charge in [0.05, 0.1) is 17.9 Å². The lowest BCUT2D eigenvalue weighted by atomic mass is 10.0. The van der Waals surface area contributed by atoms with Gasteiger partial charge in [0.15, 0.2) is 5.84 Å². The topological polar surface area (TPSA) is 93.6 Å². The van der Waals surface area contributed by atoms with Crippen molar-refractivity contribution in [2.75, 3.05) is 6.61 Å². The summed E-state index contributed by atoms with van der Waals surface area (Å²) in [4.78, 5) is 0. The zero-order valence-electron chi connectivity index (χ0n) is 11.8. The van der Waals surface area contributed by atoms with Crippen LogP contribution in [0.1, 0.15) is 50.4 Å². The van der Waals surface area contributed by atoms with Crippen LogP contribution in [0.3, 0.4) is 0 Å². The van der Waals surface area contributed by atoms with E-state index in [1.165, 1.54) is 0 Å². The quantitative estimate of drug-likeness (QED) is 0.258. The fraction of sp³-hybridized carbons (Fsp3) is 0.615. The number of nitrogens with zero attached hydrogens (tertiary/aromatic N) is 3. The zero-order chi connectivity index (χ0) is 14.3. The van der Waals surface area contributed by atoms with Crippen molar-refractivity contribution in [1.82, 2.24) is 10.2 Å². The second kappa shape index (κ2) is 7.56. The predicted molar refractivity (Wildman–Crippen MR) is 73.7 cm³/mol. The summed E-state index contributed by atoms with van der Waals surface area (Å²) in [6.45, 7) is 6.62. The van der Waals surface area contributed by atoms with Crippen LogP contribution in [-0.2, 0) is 12.8 Å². The average Bonchev–Trinajstić information content (AvgIpc) is 2.45. The lowest BCUT2D eigenvalue weighted by Gasteiger charge is -2.14. The van der Waals surface area contributed by atoms with Crippen molar-refractivity contribution in [3.8, 4) is 5.88 Å². The van der Waals surface area contributed by atoms with Crippen LogP contribution in [0.5, 0.6) is 5.88 Å². The molecule has 0 saturated heterocycles. The number of aromatic nitrogens is 2. The molecule has 19 heavy (non-hydrogen) atoms. The second-order valence-corrected chi connectivity index (χ2v) is 4.20. The van der Waals surface area contributed by atoms with Crippen LogP contribution in [-0.4, -0.2) is 27.8 Å². The molecule has 0 bridgehead atoms. The van der Waals surface area contributed by atoms with Gasteiger partial charge in [-0.05, 0) is 24.8 Å². The van der Waals surface area contributed by atoms with Crippen molar-refractivity contribution < 1.29 is 9.94 Å². The van der Waals surface area contributed by atoms with E-state index < -0.39 is 0 Å². The second-order valence-electron chi connectivity index (χ2n) is 4.20. The van der Waals surface area contributed by atoms with Gasteiger partial charge >= 0.3 is 0 Å². The standard InChI is InChI=1S/C13H22N4O2/c1-4-7-8-19-13-11(12(14)17-18)9(5-2)10(6-3)15-16-13/h18H,4-8H2,1-3H3,(H2,14,17). The van der Waals surface area contributed by atoms with E-state index in [2.05, 4.69) is 22.3 Å². The van der Waals surface area contributed by atoms with Crippen LogP contribution in [0.4, 0.5) is 0 Å². The Kier molecular flexibility index (Phi) is 6.05. The molecule has 0 radical (unpaired) electrons. The molecule has 0 aliphatic heterocycles. The van der Waals surface area contributed by atoms with Gasteiger partial charge in [-0.1, -0.05) is 32.3 Å². The molecular weight excluding hydrogens is 244 g/mol. The van der Waals surface area contributed by atoms with Crippen molar-refractivity contribution >= 4 is 5.84 Å². The van der Waals surface area contributed by atoms with Crippen LogP contribution in [0, 0.1) is 0 Å². The van der Waals surface area contributed by atoms with Gasteiger partial charge in [-0.2, -0.15) is 5.10 Å². The highest BCUT2D eigenvalue weighted by Gasteiger charge is 2.19. The van der Waals surface area contributed by atoms with Crippen LogP contribution in [0.15, 0.2) is 5.16 Å². The summed E-state index contributed by atoms with van der Waals surface area (Å²) in [6, 6.07) is 0. The normalized spacial score (nSPS) is 11.6. The van der Waals surface area contributed by atoms with Gasteiger partial charge in [-0.25, -0.2) is 0 Å². The summed E-state index contributed by atoms with van der Waals surface area (Å²) in [5.74, 6) is 0.366. The smallest absolute Gasteiger partial charge is 0.244 e. The Morgan fingerprint density at radius 3 is 2.53 bits per heavy atom. The van der Waals surface area contributed by atoms with Crippen LogP contribution >= 0.6 is 0 Å². The van der Waals surface area contributed by atoms with E-state index in [-0.39, 0.29) is 5.84 Å². The number of hydrogen-bond acceptors (Lipinski definition) is 5. The Balaban J connectivity index is 3.22. The van der Waals surface area contributed by atoms with Crippen molar-refractivity contribution in [3.63, 3.8) is 0 Å². The molecule has 106 valence electrons. The third kappa shape index (κ3) is 3.56. The third-order valence-corrected chi connectivity index (χ3v) is 2.91. The molecule has 6 heteroatoms. The minimum atomic E-state index is 0.0212. The van der Waals surface area contributed by atoms with E-state index in [4.69, 9.17) is 15.7 Å². The molecular formula is C13H22N4O2. The number of nitrogens with two attached hydrogens (primary N) is 1. The Morgan fingerprint density at radius 1 is 1.26 bits per heavy atom. The highest BCUT2D eigenvalue weighted by atomic mass is 16.5. The molecule has 0 aromatic carbocycles. The van der Waals surface area contributed by atoms with E-state index >= 15 is 0 Å². The lowest BCUT2D eigenvalue weighted by molar-refractivity contribution is 0.291. The van der Waals surface area contributed by atoms with E-state index in [0.29, 0.717) is 18.1 Å². The molecule has 0 unspecified atom stereocenters. The van der Waals surface area contributed by atoms with Gasteiger partial charge in [0.2, 0.25) is 5.88 Å². The van der Waals surface area contributed by atoms with Crippen molar-refractivity contribution in [3.05, 3.63) is 16.8 Å². The van der Waals surface area contributed by atoms with E-state index in [1.807, 2.05) is 13.8 Å². The van der Waals surface area contributed by atoms with Gasteiger partial charge < -0.3 is 15.7 Å². The summed E-state index contributed by atoms with van der Waals surface area (Å²) in [5.41, 5.74) is 8.10. The zero-order valence-corrected chi connectivity index (χ0v) is 11.8. The molecule has 1 heterocycles. The molecule has 0 atom stereocenters. The maximum Gasteiger partial charge on any atom is 0.244 e. The maximum absolute atomic E-state index is 8.93. The van der Waals surface area contributed by atoms with Crippen molar-refractivity contribution in [2.24, 2.45) is 10.9 Å². The van der Waals surface area contributed by atoms with Gasteiger partial charge in [0.1, 0.15) is 0 Å². The Morgan fingerprint density at radius 2 is 2.00 bits per heavy atom. The number of hydrogen-bond donors (Lipinski definition) is 2. The fourth-order valence-corrected chi connectivity index (χ4v) is 1.88. The summed E-state index contributed by atoms with van der Waals surface area (Å²) >= 11 is 0. The molecule has 0 aliphatic rings. The lowest BCUT2D eigenvalue weighted by Crippen LogP contribution is -2.20. The number of aryl methyl sites for hydroxylation is 1. The first-order valence-electron chi connectivity index (χ1n) is 6.68. The minimum Gasteiger partial charge on any atom is -0.476 e. The van der Waals surface area contributed by atoms with Crippen LogP contribution in [0.2, 0.25) is 0 Å². The molecule has 0 spiro atoms. The summed E-state index contributed by atoms with van der Waals surface area (Å²) in [7, 11) is 0. The predicted octanol–water partition coefficient (Wildman–Crippen LogP) is 1.87. The Hall–Kier alpha value is -1.85. The summed E-state index contributed by atoms with van der Waals surface area (Å²) in [5, 5.41) is 20.2. The number of rotatable bonds is 7. The van der Waals surface area contributed by atoms with Gasteiger partial charge in [0.25, 0.3) is 0 Å². The molecule has 1 rings (SSSR count). The molecule has 0 fully saturated rings. The maximum atomic E-state index is 8.93. The Labute approximate surface area is 113 Å². The van der Waals surface area contributed by atoms with Crippen LogP contribution < -0.4 is 10.5 Å². The van der Waals surface area contributed by atoms with E-state index in [0.717, 1.165) is 36.9 Å². The molecule has 6 nitrogen and oxygen atoms in total. The molecule has 1 aromatic heterocycles. The molecule has 0 amide bonds. The number of unbranched alkanes of at least 4 members (excludes halogenated alkanes) is 1. The number of amidine groups is 1. The highest BCUT2D eigenvalue weighted by Crippen LogP contribution is 2.22. The number of ether oxygens (including phenoxy) is 1. The third-order valence-electron chi connectivity index (χ3n) is 2.91. The van der Waals surface area contributed by atoms with Crippen molar-refractivity contribution in [2.45, 2.75) is 46.5 Å².